The number of unbranched alkanes of at least 4 members (excludes halogenated alkanes) is 1. The normalized spacial score (nSPS) is 12.5. The molecule has 0 aliphatic carbocycles. The molecule has 0 saturated heterocycles. The van der Waals surface area contributed by atoms with Crippen LogP contribution in [-0.2, 0) is 23.0 Å². The van der Waals surface area contributed by atoms with E-state index in [1.54, 1.807) is 11.4 Å². The zero-order valence-electron chi connectivity index (χ0n) is 19.9. The van der Waals surface area contributed by atoms with Crippen molar-refractivity contribution in [1.82, 2.24) is 23.1 Å². The van der Waals surface area contributed by atoms with Gasteiger partial charge in [0.2, 0.25) is 5.78 Å². The second kappa shape index (κ2) is 8.38. The Morgan fingerprint density at radius 3 is 2.39 bits per heavy atom. The molecule has 9 nitrogen and oxygen atoms in total. The van der Waals surface area contributed by atoms with Gasteiger partial charge in [-0.1, -0.05) is 25.5 Å². The van der Waals surface area contributed by atoms with E-state index in [0.717, 1.165) is 40.9 Å². The largest absolute Gasteiger partial charge is 0.467 e. The van der Waals surface area contributed by atoms with E-state index in [4.69, 9.17) is 9.72 Å². The van der Waals surface area contributed by atoms with Gasteiger partial charge in [-0.3, -0.25) is 18.3 Å². The van der Waals surface area contributed by atoms with Crippen LogP contribution in [0.5, 0.6) is 0 Å². The summed E-state index contributed by atoms with van der Waals surface area (Å²) >= 11 is 0. The highest BCUT2D eigenvalue weighted by atomic mass is 16.5. The number of benzene rings is 1. The first-order valence-corrected chi connectivity index (χ1v) is 11.1. The monoisotopic (exact) mass is 451 g/mol. The highest BCUT2D eigenvalue weighted by molar-refractivity contribution is 5.78. The topological polar surface area (TPSA) is 92.5 Å². The van der Waals surface area contributed by atoms with E-state index in [1.165, 1.54) is 24.2 Å². The molecule has 4 rings (SSSR count). The first-order valence-electron chi connectivity index (χ1n) is 11.1. The van der Waals surface area contributed by atoms with Crippen molar-refractivity contribution in [2.75, 3.05) is 7.11 Å². The molecule has 33 heavy (non-hydrogen) atoms. The molecule has 0 aliphatic rings. The van der Waals surface area contributed by atoms with Crippen LogP contribution >= 0.6 is 0 Å². The SMILES string of the molecule is CCCCc1ccc(-n2c(C)c(C)n3c4c(=O)n([C@H](C)C(=O)OC)c(=O)n(C)c4nc23)cc1. The Balaban J connectivity index is 2.01. The Hall–Kier alpha value is -3.62. The van der Waals surface area contributed by atoms with Gasteiger partial charge in [0.05, 0.1) is 7.11 Å². The molecule has 0 aliphatic heterocycles. The number of methoxy groups -OCH3 is 1. The lowest BCUT2D eigenvalue weighted by Gasteiger charge is -2.13. The summed E-state index contributed by atoms with van der Waals surface area (Å²) in [4.78, 5) is 43.2. The van der Waals surface area contributed by atoms with Crippen LogP contribution in [0.2, 0.25) is 0 Å². The molecule has 0 unspecified atom stereocenters. The minimum Gasteiger partial charge on any atom is -0.467 e. The van der Waals surface area contributed by atoms with Crippen molar-refractivity contribution in [1.29, 1.82) is 0 Å². The summed E-state index contributed by atoms with van der Waals surface area (Å²) in [5, 5.41) is 0. The van der Waals surface area contributed by atoms with Crippen molar-refractivity contribution < 1.29 is 9.53 Å². The lowest BCUT2D eigenvalue weighted by molar-refractivity contribution is -0.144. The van der Waals surface area contributed by atoms with Crippen molar-refractivity contribution in [3.63, 3.8) is 0 Å². The number of carbonyl (C=O) groups is 1. The van der Waals surface area contributed by atoms with E-state index in [1.807, 2.05) is 30.5 Å². The minimum atomic E-state index is -1.06. The van der Waals surface area contributed by atoms with Gasteiger partial charge in [0.15, 0.2) is 11.2 Å². The minimum absolute atomic E-state index is 0.252. The van der Waals surface area contributed by atoms with Crippen LogP contribution in [0.1, 0.15) is 49.7 Å². The molecule has 0 bridgehead atoms. The van der Waals surface area contributed by atoms with Crippen molar-refractivity contribution in [2.24, 2.45) is 7.05 Å². The molecule has 0 fully saturated rings. The van der Waals surface area contributed by atoms with E-state index in [-0.39, 0.29) is 11.2 Å². The number of rotatable bonds is 6. The van der Waals surface area contributed by atoms with Gasteiger partial charge in [0, 0.05) is 24.1 Å². The first-order chi connectivity index (χ1) is 15.7. The van der Waals surface area contributed by atoms with Crippen molar-refractivity contribution in [2.45, 2.75) is 53.0 Å². The molecule has 0 spiro atoms. The molecule has 9 heteroatoms. The summed E-state index contributed by atoms with van der Waals surface area (Å²) in [5.41, 5.74) is 3.28. The summed E-state index contributed by atoms with van der Waals surface area (Å²) in [7, 11) is 2.77. The second-order valence-corrected chi connectivity index (χ2v) is 8.41. The summed E-state index contributed by atoms with van der Waals surface area (Å²) < 4.78 is 10.7. The lowest BCUT2D eigenvalue weighted by Crippen LogP contribution is -2.43. The Kier molecular flexibility index (Phi) is 5.73. The molecular weight excluding hydrogens is 422 g/mol. The number of ether oxygens (including phenoxy) is 1. The fourth-order valence-electron chi connectivity index (χ4n) is 4.34. The van der Waals surface area contributed by atoms with E-state index in [9.17, 15) is 14.4 Å². The third-order valence-electron chi connectivity index (χ3n) is 6.41. The summed E-state index contributed by atoms with van der Waals surface area (Å²) in [5.74, 6) is -0.125. The quantitative estimate of drug-likeness (QED) is 0.420. The predicted molar refractivity (Wildman–Crippen MR) is 126 cm³/mol. The van der Waals surface area contributed by atoms with Gasteiger partial charge >= 0.3 is 11.7 Å². The average molecular weight is 452 g/mol. The predicted octanol–water partition coefficient (Wildman–Crippen LogP) is 2.83. The number of carbonyl (C=O) groups excluding carboxylic acids is 1. The maximum atomic E-state index is 13.5. The van der Waals surface area contributed by atoms with E-state index >= 15 is 0 Å². The third-order valence-corrected chi connectivity index (χ3v) is 6.41. The number of hydrogen-bond donors (Lipinski definition) is 0. The molecule has 0 radical (unpaired) electrons. The fraction of sp³-hybridized carbons (Fsp3) is 0.417. The van der Waals surface area contributed by atoms with Gasteiger partial charge in [-0.2, -0.15) is 4.98 Å². The summed E-state index contributed by atoms with van der Waals surface area (Å²) in [6.07, 6.45) is 3.31. The maximum absolute atomic E-state index is 13.5. The van der Waals surface area contributed by atoms with Gasteiger partial charge in [-0.25, -0.2) is 14.2 Å². The molecule has 0 saturated carbocycles. The summed E-state index contributed by atoms with van der Waals surface area (Å²) in [6, 6.07) is 7.26. The molecule has 174 valence electrons. The Labute approximate surface area is 190 Å². The molecule has 4 aromatic rings. The van der Waals surface area contributed by atoms with E-state index in [2.05, 4.69) is 19.1 Å². The van der Waals surface area contributed by atoms with E-state index in [0.29, 0.717) is 5.78 Å². The number of imidazole rings is 2. The number of aryl methyl sites for hydroxylation is 3. The number of hydrogen-bond acceptors (Lipinski definition) is 5. The molecule has 1 aromatic carbocycles. The smallest absolute Gasteiger partial charge is 0.333 e. The second-order valence-electron chi connectivity index (χ2n) is 8.41. The van der Waals surface area contributed by atoms with Crippen LogP contribution in [-0.4, -0.2) is 36.2 Å². The van der Waals surface area contributed by atoms with Crippen molar-refractivity contribution >= 4 is 22.9 Å². The van der Waals surface area contributed by atoms with Gasteiger partial charge in [0.25, 0.3) is 5.56 Å². The molecule has 0 N–H and O–H groups in total. The Morgan fingerprint density at radius 1 is 1.12 bits per heavy atom. The van der Waals surface area contributed by atoms with Gasteiger partial charge in [-0.05, 0) is 51.3 Å². The van der Waals surface area contributed by atoms with Crippen molar-refractivity contribution in [3.8, 4) is 5.69 Å². The van der Waals surface area contributed by atoms with Crippen LogP contribution in [0.25, 0.3) is 22.6 Å². The van der Waals surface area contributed by atoms with E-state index < -0.39 is 23.3 Å². The van der Waals surface area contributed by atoms with Gasteiger partial charge in [-0.15, -0.1) is 0 Å². The molecular formula is C24H29N5O4. The van der Waals surface area contributed by atoms with Crippen LogP contribution in [0.3, 0.4) is 0 Å². The summed E-state index contributed by atoms with van der Waals surface area (Å²) in [6.45, 7) is 7.53. The standard InChI is InChI=1S/C24H29N5O4/c1-7-8-9-17-10-12-18(13-11-17)27-14(2)15(3)28-19-20(25-23(27)28)26(5)24(32)29(21(19)30)16(4)22(31)33-6/h10-13,16H,7-9H2,1-6H3/t16-/m1/s1. The third kappa shape index (κ3) is 3.39. The molecule has 1 atom stereocenters. The average Bonchev–Trinajstić information content (AvgIpc) is 3.31. The highest BCUT2D eigenvalue weighted by Gasteiger charge is 2.27. The zero-order chi connectivity index (χ0) is 24.0. The van der Waals surface area contributed by atoms with Gasteiger partial charge < -0.3 is 4.74 Å². The Bertz CT molecular complexity index is 1480. The van der Waals surface area contributed by atoms with Crippen LogP contribution in [0.4, 0.5) is 0 Å². The maximum Gasteiger partial charge on any atom is 0.333 e. The highest BCUT2D eigenvalue weighted by Crippen LogP contribution is 2.25. The number of esters is 1. The van der Waals surface area contributed by atoms with Crippen molar-refractivity contribution in [3.05, 3.63) is 62.1 Å². The number of aromatic nitrogens is 5. The Morgan fingerprint density at radius 2 is 1.79 bits per heavy atom. The molecule has 0 amide bonds. The lowest BCUT2D eigenvalue weighted by atomic mass is 10.1. The first kappa shape index (κ1) is 22.6. The number of fused-ring (bicyclic) bond motifs is 3. The zero-order valence-corrected chi connectivity index (χ0v) is 19.9. The van der Waals surface area contributed by atoms with Gasteiger partial charge in [0.1, 0.15) is 6.04 Å². The molecule has 3 aromatic heterocycles. The molecule has 3 heterocycles. The van der Waals surface area contributed by atoms with Crippen LogP contribution < -0.4 is 11.2 Å². The van der Waals surface area contributed by atoms with Crippen LogP contribution in [0, 0.1) is 13.8 Å². The van der Waals surface area contributed by atoms with Crippen LogP contribution in [0.15, 0.2) is 33.9 Å². The number of nitrogens with zero attached hydrogens (tertiary/aromatic N) is 5. The fourth-order valence-corrected chi connectivity index (χ4v) is 4.34.